The fourth-order valence-electron chi connectivity index (χ4n) is 3.29. The van der Waals surface area contributed by atoms with Gasteiger partial charge in [0, 0.05) is 32.0 Å². The zero-order valence-corrected chi connectivity index (χ0v) is 10.7. The van der Waals surface area contributed by atoms with E-state index < -0.39 is 0 Å². The molecule has 0 saturated carbocycles. The summed E-state index contributed by atoms with van der Waals surface area (Å²) in [5.41, 5.74) is 4.27. The van der Waals surface area contributed by atoms with Crippen molar-refractivity contribution in [2.45, 2.75) is 38.2 Å². The summed E-state index contributed by atoms with van der Waals surface area (Å²) in [7, 11) is 0. The van der Waals surface area contributed by atoms with E-state index in [0.717, 1.165) is 32.7 Å². The number of hydrogen-bond acceptors (Lipinski definition) is 2. The molecule has 0 amide bonds. The van der Waals surface area contributed by atoms with E-state index in [1.54, 1.807) is 0 Å². The molecule has 2 nitrogen and oxygen atoms in total. The van der Waals surface area contributed by atoms with Crippen LogP contribution in [0.2, 0.25) is 0 Å². The molecule has 0 bridgehead atoms. The third-order valence-corrected chi connectivity index (χ3v) is 4.22. The number of benzene rings is 1. The Bertz CT molecular complexity index is 419. The van der Waals surface area contributed by atoms with Gasteiger partial charge in [-0.1, -0.05) is 25.1 Å². The van der Waals surface area contributed by atoms with Gasteiger partial charge in [0.2, 0.25) is 0 Å². The second-order valence-electron chi connectivity index (χ2n) is 5.35. The highest BCUT2D eigenvalue weighted by Crippen LogP contribution is 2.45. The lowest BCUT2D eigenvalue weighted by Crippen LogP contribution is -2.41. The molecule has 0 aromatic heterocycles. The summed E-state index contributed by atoms with van der Waals surface area (Å²) >= 11 is 0. The summed E-state index contributed by atoms with van der Waals surface area (Å²) in [4.78, 5) is 0. The van der Waals surface area contributed by atoms with Crippen LogP contribution in [0.5, 0.6) is 0 Å². The van der Waals surface area contributed by atoms with Gasteiger partial charge in [-0.3, -0.25) is 0 Å². The van der Waals surface area contributed by atoms with Crippen molar-refractivity contribution >= 4 is 0 Å². The van der Waals surface area contributed by atoms with Crippen LogP contribution in [0.1, 0.15) is 42.4 Å². The Morgan fingerprint density at radius 3 is 2.76 bits per heavy atom. The Kier molecular flexibility index (Phi) is 2.72. The zero-order valence-electron chi connectivity index (χ0n) is 10.7. The van der Waals surface area contributed by atoms with E-state index in [0.29, 0.717) is 5.92 Å². The first-order valence-electron chi connectivity index (χ1n) is 6.55. The van der Waals surface area contributed by atoms with Gasteiger partial charge < -0.3 is 9.47 Å². The minimum Gasteiger partial charge on any atom is -0.381 e. The van der Waals surface area contributed by atoms with Crippen molar-refractivity contribution in [2.75, 3.05) is 19.8 Å². The Morgan fingerprint density at radius 1 is 1.24 bits per heavy atom. The lowest BCUT2D eigenvalue weighted by molar-refractivity contribution is -0.128. The van der Waals surface area contributed by atoms with Gasteiger partial charge >= 0.3 is 0 Å². The lowest BCUT2D eigenvalue weighted by atomic mass is 9.76. The van der Waals surface area contributed by atoms with Crippen LogP contribution in [0, 0.1) is 6.92 Å². The molecule has 17 heavy (non-hydrogen) atoms. The molecule has 0 N–H and O–H groups in total. The van der Waals surface area contributed by atoms with Crippen LogP contribution < -0.4 is 0 Å². The summed E-state index contributed by atoms with van der Waals surface area (Å²) in [5, 5.41) is 0. The molecule has 1 fully saturated rings. The standard InChI is InChI=1S/C15H20O2/c1-11-4-3-5-13-14(11)12(2)10-17-15(13)6-8-16-9-7-15/h3-5,12H,6-10H2,1-2H3. The van der Waals surface area contributed by atoms with E-state index in [1.807, 2.05) is 0 Å². The van der Waals surface area contributed by atoms with E-state index in [1.165, 1.54) is 16.7 Å². The van der Waals surface area contributed by atoms with E-state index in [9.17, 15) is 0 Å². The molecule has 1 spiro atoms. The van der Waals surface area contributed by atoms with Gasteiger partial charge in [-0.25, -0.2) is 0 Å². The third kappa shape index (κ3) is 1.71. The summed E-state index contributed by atoms with van der Waals surface area (Å²) < 4.78 is 11.7. The molecule has 0 aliphatic carbocycles. The normalized spacial score (nSPS) is 26.8. The van der Waals surface area contributed by atoms with Crippen LogP contribution in [0.3, 0.4) is 0 Å². The van der Waals surface area contributed by atoms with Crippen LogP contribution in [-0.4, -0.2) is 19.8 Å². The molecule has 92 valence electrons. The quantitative estimate of drug-likeness (QED) is 0.684. The lowest BCUT2D eigenvalue weighted by Gasteiger charge is -2.44. The number of rotatable bonds is 0. The van der Waals surface area contributed by atoms with E-state index in [-0.39, 0.29) is 5.60 Å². The first kappa shape index (κ1) is 11.2. The molecule has 1 unspecified atom stereocenters. The average Bonchev–Trinajstić information content (AvgIpc) is 2.36. The second kappa shape index (κ2) is 4.11. The van der Waals surface area contributed by atoms with E-state index in [4.69, 9.17) is 9.47 Å². The molecule has 3 rings (SSSR count). The fourth-order valence-corrected chi connectivity index (χ4v) is 3.29. The Labute approximate surface area is 103 Å². The Morgan fingerprint density at radius 2 is 2.00 bits per heavy atom. The topological polar surface area (TPSA) is 18.5 Å². The Hall–Kier alpha value is -0.860. The molecular formula is C15H20O2. The number of fused-ring (bicyclic) bond motifs is 2. The van der Waals surface area contributed by atoms with Crippen molar-refractivity contribution in [3.63, 3.8) is 0 Å². The molecule has 1 atom stereocenters. The highest BCUT2D eigenvalue weighted by Gasteiger charge is 2.41. The van der Waals surface area contributed by atoms with Crippen LogP contribution in [-0.2, 0) is 15.1 Å². The van der Waals surface area contributed by atoms with Crippen LogP contribution >= 0.6 is 0 Å². The van der Waals surface area contributed by atoms with Gasteiger partial charge in [-0.2, -0.15) is 0 Å². The first-order valence-corrected chi connectivity index (χ1v) is 6.55. The summed E-state index contributed by atoms with van der Waals surface area (Å²) in [5.74, 6) is 0.514. The van der Waals surface area contributed by atoms with Crippen molar-refractivity contribution in [2.24, 2.45) is 0 Å². The highest BCUT2D eigenvalue weighted by molar-refractivity contribution is 5.42. The third-order valence-electron chi connectivity index (χ3n) is 4.22. The number of ether oxygens (including phenoxy) is 2. The number of aryl methyl sites for hydroxylation is 1. The van der Waals surface area contributed by atoms with Crippen molar-refractivity contribution < 1.29 is 9.47 Å². The summed E-state index contributed by atoms with van der Waals surface area (Å²) in [6.45, 7) is 6.97. The highest BCUT2D eigenvalue weighted by atomic mass is 16.5. The minimum atomic E-state index is -0.0634. The molecule has 2 aliphatic heterocycles. The SMILES string of the molecule is Cc1cccc2c1C(C)COC21CCOCC1. The maximum atomic E-state index is 6.22. The van der Waals surface area contributed by atoms with E-state index >= 15 is 0 Å². The molecule has 1 aromatic carbocycles. The Balaban J connectivity index is 2.11. The average molecular weight is 232 g/mol. The first-order chi connectivity index (χ1) is 8.23. The molecule has 1 aromatic rings. The maximum Gasteiger partial charge on any atom is 0.0978 e. The van der Waals surface area contributed by atoms with Crippen molar-refractivity contribution in [1.29, 1.82) is 0 Å². The molecule has 2 aliphatic rings. The van der Waals surface area contributed by atoms with Crippen molar-refractivity contribution in [3.05, 3.63) is 34.9 Å². The maximum absolute atomic E-state index is 6.22. The molecule has 2 heteroatoms. The predicted octanol–water partition coefficient (Wildman–Crippen LogP) is 3.13. The molecule has 2 heterocycles. The summed E-state index contributed by atoms with van der Waals surface area (Å²) in [6.07, 6.45) is 1.99. The van der Waals surface area contributed by atoms with Gasteiger partial charge in [-0.05, 0) is 23.6 Å². The van der Waals surface area contributed by atoms with Crippen LogP contribution in [0.4, 0.5) is 0 Å². The minimum absolute atomic E-state index is 0.0634. The number of hydrogen-bond donors (Lipinski definition) is 0. The molecule has 0 radical (unpaired) electrons. The van der Waals surface area contributed by atoms with Crippen molar-refractivity contribution in [3.8, 4) is 0 Å². The summed E-state index contributed by atoms with van der Waals surface area (Å²) in [6, 6.07) is 6.63. The van der Waals surface area contributed by atoms with Gasteiger partial charge in [0.1, 0.15) is 0 Å². The largest absolute Gasteiger partial charge is 0.381 e. The van der Waals surface area contributed by atoms with Gasteiger partial charge in [-0.15, -0.1) is 0 Å². The van der Waals surface area contributed by atoms with Crippen LogP contribution in [0.15, 0.2) is 18.2 Å². The molecule has 1 saturated heterocycles. The van der Waals surface area contributed by atoms with Gasteiger partial charge in [0.25, 0.3) is 0 Å². The monoisotopic (exact) mass is 232 g/mol. The van der Waals surface area contributed by atoms with E-state index in [2.05, 4.69) is 32.0 Å². The predicted molar refractivity (Wildman–Crippen MR) is 67.3 cm³/mol. The smallest absolute Gasteiger partial charge is 0.0978 e. The van der Waals surface area contributed by atoms with Gasteiger partial charge in [0.05, 0.1) is 12.2 Å². The molecular weight excluding hydrogens is 212 g/mol. The van der Waals surface area contributed by atoms with Crippen LogP contribution in [0.25, 0.3) is 0 Å². The van der Waals surface area contributed by atoms with Crippen molar-refractivity contribution in [1.82, 2.24) is 0 Å². The second-order valence-corrected chi connectivity index (χ2v) is 5.35. The van der Waals surface area contributed by atoms with Gasteiger partial charge in [0.15, 0.2) is 0 Å². The zero-order chi connectivity index (χ0) is 11.9. The fraction of sp³-hybridized carbons (Fsp3) is 0.600.